The third-order valence-corrected chi connectivity index (χ3v) is 6.30. The predicted octanol–water partition coefficient (Wildman–Crippen LogP) is 4.31. The summed E-state index contributed by atoms with van der Waals surface area (Å²) < 4.78 is 52.8. The topological polar surface area (TPSA) is 101 Å². The minimum absolute atomic E-state index is 0.0459. The number of hydrogen-bond donors (Lipinski definition) is 3. The highest BCUT2D eigenvalue weighted by molar-refractivity contribution is 6.00. The molecule has 2 atom stereocenters. The van der Waals surface area contributed by atoms with Gasteiger partial charge in [0.05, 0.1) is 6.61 Å². The molecule has 3 N–H and O–H groups in total. The number of benzene rings is 3. The molecule has 0 spiro atoms. The van der Waals surface area contributed by atoms with Crippen LogP contribution in [0.5, 0.6) is 11.5 Å². The van der Waals surface area contributed by atoms with Gasteiger partial charge in [0.25, 0.3) is 5.91 Å². The van der Waals surface area contributed by atoms with Gasteiger partial charge in [0.2, 0.25) is 5.90 Å². The molecule has 0 saturated carbocycles. The van der Waals surface area contributed by atoms with Crippen molar-refractivity contribution in [3.05, 3.63) is 95.6 Å². The number of nitrogens with one attached hydrogen (secondary N) is 2. The van der Waals surface area contributed by atoms with Crippen molar-refractivity contribution in [3.8, 4) is 11.5 Å². The molecule has 3 aromatic rings. The van der Waals surface area contributed by atoms with Crippen LogP contribution in [0.15, 0.2) is 83.9 Å². The normalized spacial score (nSPS) is 18.5. The van der Waals surface area contributed by atoms with Crippen molar-refractivity contribution in [1.29, 1.82) is 0 Å². The summed E-state index contributed by atoms with van der Waals surface area (Å²) in [5.74, 6) is 0.213. The standard InChI is InChI=1S/C29H30F3N3O5/c1-20-28(18-21-6-3-2-4-7-21,34-26(39-20)23-10-14-24(15-11-23)38-17-5-16-36)27(37)35-33-19-22-8-12-25(13-9-22)40-29(30,31)32/h2-4,6-15,20,33,36H,5,16-19H2,1H3,(H,35,37)/t20-,28-/m0/s1. The number of amides is 1. The first-order valence-corrected chi connectivity index (χ1v) is 12.7. The van der Waals surface area contributed by atoms with Crippen molar-refractivity contribution in [2.75, 3.05) is 13.2 Å². The first-order chi connectivity index (χ1) is 19.2. The Morgan fingerprint density at radius 1 is 1.00 bits per heavy atom. The maximum Gasteiger partial charge on any atom is 0.573 e. The van der Waals surface area contributed by atoms with Gasteiger partial charge in [0.1, 0.15) is 17.6 Å². The lowest BCUT2D eigenvalue weighted by Crippen LogP contribution is -2.55. The zero-order valence-electron chi connectivity index (χ0n) is 21.8. The van der Waals surface area contributed by atoms with Gasteiger partial charge in [-0.2, -0.15) is 0 Å². The Kier molecular flexibility index (Phi) is 9.28. The summed E-state index contributed by atoms with van der Waals surface area (Å²) in [5.41, 5.74) is 6.46. The molecule has 4 rings (SSSR count). The Hall–Kier alpha value is -4.09. The van der Waals surface area contributed by atoms with Crippen LogP contribution in [0.25, 0.3) is 0 Å². The van der Waals surface area contributed by atoms with Crippen LogP contribution in [0.2, 0.25) is 0 Å². The van der Waals surface area contributed by atoms with Crippen LogP contribution in [0.1, 0.15) is 30.0 Å². The highest BCUT2D eigenvalue weighted by Gasteiger charge is 2.50. The van der Waals surface area contributed by atoms with Crippen LogP contribution in [0.4, 0.5) is 13.2 Å². The van der Waals surface area contributed by atoms with E-state index in [4.69, 9.17) is 19.6 Å². The van der Waals surface area contributed by atoms with Crippen LogP contribution in [0.3, 0.4) is 0 Å². The van der Waals surface area contributed by atoms with Crippen LogP contribution < -0.4 is 20.3 Å². The number of carbonyl (C=O) groups is 1. The molecule has 1 heterocycles. The fourth-order valence-electron chi connectivity index (χ4n) is 4.19. The average Bonchev–Trinajstić information content (AvgIpc) is 3.26. The van der Waals surface area contributed by atoms with Crippen LogP contribution in [-0.4, -0.2) is 48.1 Å². The highest BCUT2D eigenvalue weighted by atomic mass is 19.4. The van der Waals surface area contributed by atoms with E-state index < -0.39 is 23.9 Å². The number of alkyl halides is 3. The van der Waals surface area contributed by atoms with Gasteiger partial charge in [-0.05, 0) is 54.4 Å². The monoisotopic (exact) mass is 557 g/mol. The van der Waals surface area contributed by atoms with Crippen LogP contribution in [-0.2, 0) is 22.5 Å². The van der Waals surface area contributed by atoms with Gasteiger partial charge in [-0.25, -0.2) is 10.4 Å². The molecular weight excluding hydrogens is 527 g/mol. The van der Waals surface area contributed by atoms with Gasteiger partial charge in [0, 0.05) is 31.6 Å². The zero-order chi connectivity index (χ0) is 28.6. The average molecular weight is 558 g/mol. The number of nitrogens with zero attached hydrogens (tertiary/aromatic N) is 1. The van der Waals surface area contributed by atoms with E-state index in [2.05, 4.69) is 15.6 Å². The number of halogens is 3. The molecule has 212 valence electrons. The third-order valence-electron chi connectivity index (χ3n) is 6.30. The summed E-state index contributed by atoms with van der Waals surface area (Å²) in [6.07, 6.45) is -4.57. The molecular formula is C29H30F3N3O5. The van der Waals surface area contributed by atoms with Crippen molar-refractivity contribution in [1.82, 2.24) is 10.9 Å². The molecule has 0 radical (unpaired) electrons. The highest BCUT2D eigenvalue weighted by Crippen LogP contribution is 2.33. The van der Waals surface area contributed by atoms with Gasteiger partial charge in [-0.15, -0.1) is 13.2 Å². The molecule has 40 heavy (non-hydrogen) atoms. The van der Waals surface area contributed by atoms with Gasteiger partial charge < -0.3 is 19.3 Å². The fourth-order valence-corrected chi connectivity index (χ4v) is 4.19. The predicted molar refractivity (Wildman–Crippen MR) is 142 cm³/mol. The van der Waals surface area contributed by atoms with Crippen molar-refractivity contribution in [3.63, 3.8) is 0 Å². The third kappa shape index (κ3) is 7.51. The Labute approximate surface area is 229 Å². The van der Waals surface area contributed by atoms with Gasteiger partial charge in [-0.3, -0.25) is 10.2 Å². The second-order valence-electron chi connectivity index (χ2n) is 9.21. The molecule has 1 amide bonds. The Bertz CT molecular complexity index is 1290. The van der Waals surface area contributed by atoms with E-state index >= 15 is 0 Å². The number of hydrazine groups is 1. The van der Waals surface area contributed by atoms with E-state index in [0.717, 1.165) is 5.56 Å². The summed E-state index contributed by atoms with van der Waals surface area (Å²) in [4.78, 5) is 18.4. The summed E-state index contributed by atoms with van der Waals surface area (Å²) in [5, 5.41) is 8.92. The molecule has 11 heteroatoms. The van der Waals surface area contributed by atoms with Crippen molar-refractivity contribution >= 4 is 11.8 Å². The second kappa shape index (κ2) is 12.8. The second-order valence-corrected chi connectivity index (χ2v) is 9.21. The van der Waals surface area contributed by atoms with E-state index in [9.17, 15) is 18.0 Å². The van der Waals surface area contributed by atoms with Gasteiger partial charge >= 0.3 is 6.36 Å². The summed E-state index contributed by atoms with van der Waals surface area (Å²) in [6.45, 7) is 2.38. The number of aliphatic hydroxyl groups excluding tert-OH is 1. The summed E-state index contributed by atoms with van der Waals surface area (Å²) in [7, 11) is 0. The lowest BCUT2D eigenvalue weighted by molar-refractivity contribution is -0.274. The van der Waals surface area contributed by atoms with Crippen LogP contribution in [0, 0.1) is 0 Å². The molecule has 0 bridgehead atoms. The maximum atomic E-state index is 13.6. The molecule has 0 fully saturated rings. The summed E-state index contributed by atoms with van der Waals surface area (Å²) >= 11 is 0. The number of aliphatic hydroxyl groups is 1. The Balaban J connectivity index is 1.48. The van der Waals surface area contributed by atoms with E-state index in [1.54, 1.807) is 31.2 Å². The maximum absolute atomic E-state index is 13.6. The Morgan fingerprint density at radius 3 is 2.33 bits per heavy atom. The van der Waals surface area contributed by atoms with Crippen molar-refractivity contribution in [2.24, 2.45) is 4.99 Å². The lowest BCUT2D eigenvalue weighted by Gasteiger charge is -2.28. The molecule has 0 unspecified atom stereocenters. The number of aliphatic imine (C=N–C) groups is 1. The minimum atomic E-state index is -4.77. The van der Waals surface area contributed by atoms with Crippen molar-refractivity contribution in [2.45, 2.75) is 44.3 Å². The number of rotatable bonds is 12. The molecule has 1 aliphatic heterocycles. The SMILES string of the molecule is C[C@@H]1OC(c2ccc(OCCCO)cc2)=N[C@]1(Cc1ccccc1)C(=O)NNCc1ccc(OC(F)(F)F)cc1. The fraction of sp³-hybridized carbons (Fsp3) is 0.310. The largest absolute Gasteiger partial charge is 0.573 e. The Morgan fingerprint density at radius 2 is 1.68 bits per heavy atom. The summed E-state index contributed by atoms with van der Waals surface area (Å²) in [6, 6.07) is 21.9. The molecule has 3 aromatic carbocycles. The van der Waals surface area contributed by atoms with Gasteiger partial charge in [0.15, 0.2) is 5.54 Å². The molecule has 1 aliphatic rings. The first kappa shape index (κ1) is 28.9. The smallest absolute Gasteiger partial charge is 0.494 e. The van der Waals surface area contributed by atoms with E-state index in [1.165, 1.54) is 24.3 Å². The van der Waals surface area contributed by atoms with E-state index in [-0.39, 0.29) is 25.3 Å². The first-order valence-electron chi connectivity index (χ1n) is 12.7. The van der Waals surface area contributed by atoms with Gasteiger partial charge in [-0.1, -0.05) is 42.5 Å². The number of hydrogen-bond acceptors (Lipinski definition) is 7. The van der Waals surface area contributed by atoms with Crippen molar-refractivity contribution < 1.29 is 37.3 Å². The lowest BCUT2D eigenvalue weighted by atomic mass is 9.86. The molecule has 0 aliphatic carbocycles. The molecule has 0 saturated heterocycles. The van der Waals surface area contributed by atoms with E-state index in [0.29, 0.717) is 35.8 Å². The van der Waals surface area contributed by atoms with Crippen LogP contribution >= 0.6 is 0 Å². The minimum Gasteiger partial charge on any atom is -0.494 e. The molecule has 8 nitrogen and oxygen atoms in total. The number of carbonyl (C=O) groups excluding carboxylic acids is 1. The quantitative estimate of drug-likeness (QED) is 0.227. The number of ether oxygens (including phenoxy) is 3. The molecule has 0 aromatic heterocycles. The van der Waals surface area contributed by atoms with E-state index in [1.807, 2.05) is 30.3 Å². The zero-order valence-corrected chi connectivity index (χ0v) is 21.8.